The highest BCUT2D eigenvalue weighted by atomic mass is 32.2. The highest BCUT2D eigenvalue weighted by Crippen LogP contribution is 2.24. The van der Waals surface area contributed by atoms with E-state index in [0.29, 0.717) is 5.69 Å². The molecular weight excluding hydrogens is 420 g/mol. The molecule has 13 heteroatoms. The number of hydrogen-bond acceptors (Lipinski definition) is 10. The Morgan fingerprint density at radius 3 is 2.33 bits per heavy atom. The third kappa shape index (κ3) is 4.66. The molecule has 1 aromatic carbocycles. The number of aliphatic hydroxyl groups is 3. The van der Waals surface area contributed by atoms with Gasteiger partial charge in [0.25, 0.3) is 10.0 Å². The summed E-state index contributed by atoms with van der Waals surface area (Å²) in [7, 11) is -3.96. The summed E-state index contributed by atoms with van der Waals surface area (Å²) in [6, 6.07) is 6.85. The molecule has 2 heterocycles. The van der Waals surface area contributed by atoms with Crippen LogP contribution in [0, 0.1) is 6.92 Å². The molecule has 162 valence electrons. The SMILES string of the molecule is Cc1ccnc(NS(=O)(=O)c2ccc(NC3OC(C(=O)O)C(O)C(O)C3O)cc2)n1. The first-order chi connectivity index (χ1) is 14.1. The highest BCUT2D eigenvalue weighted by molar-refractivity contribution is 7.92. The fraction of sp³-hybridized carbons (Fsp3) is 0.353. The molecule has 5 unspecified atom stereocenters. The van der Waals surface area contributed by atoms with E-state index in [0.717, 1.165) is 0 Å². The summed E-state index contributed by atoms with van der Waals surface area (Å²) < 4.78 is 32.3. The summed E-state index contributed by atoms with van der Waals surface area (Å²) in [5.41, 5.74) is 0.859. The third-order valence-electron chi connectivity index (χ3n) is 4.35. The summed E-state index contributed by atoms with van der Waals surface area (Å²) in [5, 5.41) is 41.3. The summed E-state index contributed by atoms with van der Waals surface area (Å²) in [5.74, 6) is -1.59. The fourth-order valence-corrected chi connectivity index (χ4v) is 3.73. The molecule has 1 aliphatic heterocycles. The highest BCUT2D eigenvalue weighted by Gasteiger charge is 2.46. The molecule has 30 heavy (non-hydrogen) atoms. The van der Waals surface area contributed by atoms with Crippen molar-refractivity contribution in [3.63, 3.8) is 0 Å². The predicted molar refractivity (Wildman–Crippen MR) is 102 cm³/mol. The van der Waals surface area contributed by atoms with Crippen LogP contribution in [0.3, 0.4) is 0 Å². The van der Waals surface area contributed by atoms with Crippen LogP contribution >= 0.6 is 0 Å². The Hall–Kier alpha value is -2.84. The maximum atomic E-state index is 12.5. The molecule has 0 saturated carbocycles. The van der Waals surface area contributed by atoms with E-state index in [1.54, 1.807) is 13.0 Å². The Morgan fingerprint density at radius 1 is 1.07 bits per heavy atom. The van der Waals surface area contributed by atoms with Gasteiger partial charge in [0, 0.05) is 17.6 Å². The molecule has 0 bridgehead atoms. The quantitative estimate of drug-likeness (QED) is 0.319. The molecule has 1 fully saturated rings. The Kier molecular flexibility index (Phi) is 6.19. The second kappa shape index (κ2) is 8.49. The molecule has 1 saturated heterocycles. The smallest absolute Gasteiger partial charge is 0.335 e. The van der Waals surface area contributed by atoms with Crippen LogP contribution in [0.15, 0.2) is 41.4 Å². The van der Waals surface area contributed by atoms with E-state index in [2.05, 4.69) is 20.0 Å². The Labute approximate surface area is 171 Å². The molecule has 3 rings (SSSR count). The van der Waals surface area contributed by atoms with Gasteiger partial charge in [-0.1, -0.05) is 0 Å². The van der Waals surface area contributed by atoms with Crippen molar-refractivity contribution in [1.82, 2.24) is 9.97 Å². The van der Waals surface area contributed by atoms with E-state index < -0.39 is 46.6 Å². The largest absolute Gasteiger partial charge is 0.479 e. The van der Waals surface area contributed by atoms with Gasteiger partial charge in [-0.2, -0.15) is 0 Å². The number of ether oxygens (including phenoxy) is 1. The van der Waals surface area contributed by atoms with Gasteiger partial charge in [0.05, 0.1) is 4.90 Å². The average molecular weight is 440 g/mol. The number of aliphatic carboxylic acids is 1. The Balaban J connectivity index is 1.73. The van der Waals surface area contributed by atoms with Crippen LogP contribution in [-0.2, 0) is 19.6 Å². The lowest BCUT2D eigenvalue weighted by molar-refractivity contribution is -0.221. The van der Waals surface area contributed by atoms with Gasteiger partial charge in [-0.15, -0.1) is 0 Å². The van der Waals surface area contributed by atoms with Crippen LogP contribution in [0.5, 0.6) is 0 Å². The van der Waals surface area contributed by atoms with Crippen LogP contribution in [0.2, 0.25) is 0 Å². The van der Waals surface area contributed by atoms with E-state index in [1.165, 1.54) is 30.5 Å². The van der Waals surface area contributed by atoms with Crippen molar-refractivity contribution < 1.29 is 38.4 Å². The molecule has 0 spiro atoms. The lowest BCUT2D eigenvalue weighted by Crippen LogP contribution is -2.61. The number of hydrogen-bond donors (Lipinski definition) is 6. The van der Waals surface area contributed by atoms with Gasteiger partial charge in [-0.05, 0) is 37.3 Å². The van der Waals surface area contributed by atoms with Crippen LogP contribution in [0.4, 0.5) is 11.6 Å². The lowest BCUT2D eigenvalue weighted by Gasteiger charge is -2.39. The third-order valence-corrected chi connectivity index (χ3v) is 5.69. The van der Waals surface area contributed by atoms with Gasteiger partial charge >= 0.3 is 5.97 Å². The van der Waals surface area contributed by atoms with Crippen molar-refractivity contribution in [2.75, 3.05) is 10.0 Å². The van der Waals surface area contributed by atoms with Gasteiger partial charge in [0.1, 0.15) is 18.3 Å². The minimum atomic E-state index is -3.96. The van der Waals surface area contributed by atoms with Crippen molar-refractivity contribution in [2.45, 2.75) is 42.5 Å². The number of carboxylic acids is 1. The second-order valence-electron chi connectivity index (χ2n) is 6.58. The van der Waals surface area contributed by atoms with Crippen LogP contribution < -0.4 is 10.0 Å². The van der Waals surface area contributed by atoms with Crippen LogP contribution in [-0.4, -0.2) is 75.4 Å². The molecule has 12 nitrogen and oxygen atoms in total. The maximum absolute atomic E-state index is 12.5. The maximum Gasteiger partial charge on any atom is 0.335 e. The molecule has 0 radical (unpaired) electrons. The van der Waals surface area contributed by atoms with Crippen molar-refractivity contribution in [3.05, 3.63) is 42.2 Å². The van der Waals surface area contributed by atoms with E-state index in [4.69, 9.17) is 9.84 Å². The predicted octanol–water partition coefficient (Wildman–Crippen LogP) is -1.11. The molecule has 0 aliphatic carbocycles. The van der Waals surface area contributed by atoms with E-state index in [1.807, 2.05) is 0 Å². The number of sulfonamides is 1. The number of carbonyl (C=O) groups is 1. The van der Waals surface area contributed by atoms with Crippen molar-refractivity contribution in [3.8, 4) is 0 Å². The van der Waals surface area contributed by atoms with Crippen LogP contribution in [0.25, 0.3) is 0 Å². The first-order valence-corrected chi connectivity index (χ1v) is 10.2. The molecular formula is C17H20N4O8S. The number of anilines is 2. The first-order valence-electron chi connectivity index (χ1n) is 8.70. The van der Waals surface area contributed by atoms with Crippen molar-refractivity contribution >= 4 is 27.6 Å². The van der Waals surface area contributed by atoms with E-state index >= 15 is 0 Å². The van der Waals surface area contributed by atoms with Gasteiger partial charge in [0.15, 0.2) is 12.3 Å². The molecule has 6 N–H and O–H groups in total. The van der Waals surface area contributed by atoms with Gasteiger partial charge in [-0.3, -0.25) is 0 Å². The van der Waals surface area contributed by atoms with Crippen molar-refractivity contribution in [1.29, 1.82) is 0 Å². The number of rotatable bonds is 6. The number of benzene rings is 1. The normalized spacial score (nSPS) is 26.7. The number of aromatic nitrogens is 2. The number of nitrogens with zero attached hydrogens (tertiary/aromatic N) is 2. The average Bonchev–Trinajstić information content (AvgIpc) is 2.68. The number of nitrogens with one attached hydrogen (secondary N) is 2. The summed E-state index contributed by atoms with van der Waals surface area (Å²) in [6.07, 6.45) is -6.88. The number of carboxylic acid groups (broad SMARTS) is 1. The minimum Gasteiger partial charge on any atom is -0.479 e. The zero-order chi connectivity index (χ0) is 22.1. The summed E-state index contributed by atoms with van der Waals surface area (Å²) >= 11 is 0. The molecule has 5 atom stereocenters. The van der Waals surface area contributed by atoms with Gasteiger partial charge in [0.2, 0.25) is 5.95 Å². The summed E-state index contributed by atoms with van der Waals surface area (Å²) in [6.45, 7) is 1.69. The molecule has 0 amide bonds. The van der Waals surface area contributed by atoms with Gasteiger partial charge in [-0.25, -0.2) is 27.9 Å². The monoisotopic (exact) mass is 440 g/mol. The Bertz CT molecular complexity index is 1020. The zero-order valence-corrected chi connectivity index (χ0v) is 16.4. The fourth-order valence-electron chi connectivity index (χ4n) is 2.77. The van der Waals surface area contributed by atoms with Gasteiger partial charge < -0.3 is 30.5 Å². The minimum absolute atomic E-state index is 0.0804. The Morgan fingerprint density at radius 2 is 1.73 bits per heavy atom. The second-order valence-corrected chi connectivity index (χ2v) is 8.27. The standard InChI is InChI=1S/C17H20N4O8S/c1-8-6-7-18-17(19-8)21-30(27,28)10-4-2-9(3-5-10)20-15-13(24)11(22)12(23)14(29-15)16(25)26/h2-7,11-15,20,22-24H,1H3,(H,25,26)(H,18,19,21). The number of aryl methyl sites for hydroxylation is 1. The lowest BCUT2D eigenvalue weighted by atomic mass is 9.98. The van der Waals surface area contributed by atoms with Crippen molar-refractivity contribution in [2.24, 2.45) is 0 Å². The first kappa shape index (κ1) is 21.9. The topological polar surface area (TPSA) is 191 Å². The van der Waals surface area contributed by atoms with Crippen LogP contribution in [0.1, 0.15) is 5.69 Å². The van der Waals surface area contributed by atoms with E-state index in [-0.39, 0.29) is 16.5 Å². The summed E-state index contributed by atoms with van der Waals surface area (Å²) in [4.78, 5) is 18.9. The number of aliphatic hydroxyl groups excluding tert-OH is 3. The zero-order valence-electron chi connectivity index (χ0n) is 15.6. The molecule has 2 aromatic rings. The molecule has 1 aromatic heterocycles. The van der Waals surface area contributed by atoms with E-state index in [9.17, 15) is 28.5 Å². The molecule has 1 aliphatic rings.